The first-order valence-electron chi connectivity index (χ1n) is 9.27. The van der Waals surface area contributed by atoms with Crippen LogP contribution in [0.4, 0.5) is 0 Å². The van der Waals surface area contributed by atoms with Gasteiger partial charge in [-0.25, -0.2) is 19.1 Å². The molecule has 15 heteroatoms. The maximum absolute atomic E-state index is 12.4. The number of aromatic amines is 1. The lowest BCUT2D eigenvalue weighted by atomic mass is 10.1. The molecule has 1 aliphatic rings. The van der Waals surface area contributed by atoms with E-state index >= 15 is 0 Å². The number of pyridine rings is 1. The van der Waals surface area contributed by atoms with Gasteiger partial charge < -0.3 is 40.2 Å². The minimum Gasteiger partial charge on any atom is -0.388 e. The molecule has 0 amide bonds. The van der Waals surface area contributed by atoms with Gasteiger partial charge in [0, 0.05) is 18.7 Å². The second-order valence-corrected chi connectivity index (χ2v) is 8.19. The second-order valence-electron chi connectivity index (χ2n) is 6.95. The number of nitrogens with one attached hydrogen (secondary N) is 1. The maximum Gasteiger partial charge on any atom is 0.469 e. The lowest BCUT2D eigenvalue weighted by Crippen LogP contribution is -2.46. The predicted octanol–water partition coefficient (Wildman–Crippen LogP) is -2.32. The quantitative estimate of drug-likeness (QED) is 0.103. The fraction of sp³-hybridized carbons (Fsp3) is 0.412. The number of phosphoric acid groups is 1. The number of hydrogen-bond acceptors (Lipinski definition) is 10. The molecule has 2 aromatic rings. The van der Waals surface area contributed by atoms with Gasteiger partial charge in [-0.15, -0.1) is 0 Å². The van der Waals surface area contributed by atoms with Crippen molar-refractivity contribution in [3.05, 3.63) is 48.3 Å². The molecule has 0 aromatic carbocycles. The SMILES string of the molecule is N[C@@H](Cc1c[nH]cn1)C(=O)OC(=O)c1ccc[n+]([C@@H]2O[C@H](COP(=O)(O)O)[C@@H](O)[C@H]2O)c1. The fourth-order valence-corrected chi connectivity index (χ4v) is 3.33. The lowest BCUT2D eigenvalue weighted by molar-refractivity contribution is -0.765. The van der Waals surface area contributed by atoms with E-state index < -0.39 is 56.9 Å². The number of rotatable bonds is 8. The summed E-state index contributed by atoms with van der Waals surface area (Å²) in [6.07, 6.45) is 0.179. The Morgan fingerprint density at radius 2 is 2.09 bits per heavy atom. The van der Waals surface area contributed by atoms with Gasteiger partial charge in [-0.2, -0.15) is 4.57 Å². The topological polar surface area (TPSA) is 218 Å². The molecule has 0 bridgehead atoms. The van der Waals surface area contributed by atoms with Crippen molar-refractivity contribution >= 4 is 19.8 Å². The third kappa shape index (κ3) is 6.03. The van der Waals surface area contributed by atoms with Gasteiger partial charge in [0.2, 0.25) is 0 Å². The Balaban J connectivity index is 1.64. The van der Waals surface area contributed by atoms with E-state index in [1.165, 1.54) is 35.4 Å². The highest BCUT2D eigenvalue weighted by atomic mass is 31.2. The third-order valence-electron chi connectivity index (χ3n) is 4.58. The van der Waals surface area contributed by atoms with Crippen molar-refractivity contribution in [2.75, 3.05) is 6.61 Å². The van der Waals surface area contributed by atoms with E-state index in [4.69, 9.17) is 25.0 Å². The van der Waals surface area contributed by atoms with Crippen LogP contribution in [-0.2, 0) is 29.8 Å². The van der Waals surface area contributed by atoms with Crippen LogP contribution in [0.15, 0.2) is 37.1 Å². The minimum atomic E-state index is -4.81. The Labute approximate surface area is 180 Å². The van der Waals surface area contributed by atoms with E-state index in [9.17, 15) is 24.4 Å². The first-order valence-corrected chi connectivity index (χ1v) is 10.8. The summed E-state index contributed by atoms with van der Waals surface area (Å²) >= 11 is 0. The molecular weight excluding hydrogens is 451 g/mol. The Kier molecular flexibility index (Phi) is 7.48. The minimum absolute atomic E-state index is 0.0580. The van der Waals surface area contributed by atoms with Crippen molar-refractivity contribution in [2.24, 2.45) is 5.73 Å². The van der Waals surface area contributed by atoms with Gasteiger partial charge in [-0.05, 0) is 6.07 Å². The molecule has 14 nitrogen and oxygen atoms in total. The van der Waals surface area contributed by atoms with Crippen LogP contribution in [0, 0.1) is 0 Å². The van der Waals surface area contributed by atoms with Gasteiger partial charge in [0.25, 0.3) is 6.23 Å². The van der Waals surface area contributed by atoms with Gasteiger partial charge >= 0.3 is 19.8 Å². The molecule has 174 valence electrons. The number of carbonyl (C=O) groups is 2. The number of nitrogens with zero attached hydrogens (tertiary/aromatic N) is 2. The molecular formula is C17H22N4O10P+. The van der Waals surface area contributed by atoms with Crippen LogP contribution in [0.2, 0.25) is 0 Å². The highest BCUT2D eigenvalue weighted by molar-refractivity contribution is 7.46. The van der Waals surface area contributed by atoms with Crippen LogP contribution in [-0.4, -0.2) is 72.9 Å². The Morgan fingerprint density at radius 1 is 1.34 bits per heavy atom. The molecule has 1 fully saturated rings. The molecule has 3 rings (SSSR count). The van der Waals surface area contributed by atoms with Gasteiger partial charge in [0.05, 0.1) is 18.6 Å². The van der Waals surface area contributed by atoms with E-state index in [1.54, 1.807) is 6.20 Å². The number of carbonyl (C=O) groups excluding carboxylic acids is 2. The largest absolute Gasteiger partial charge is 0.469 e. The number of H-pyrrole nitrogens is 1. The zero-order valence-corrected chi connectivity index (χ0v) is 17.3. The summed E-state index contributed by atoms with van der Waals surface area (Å²) in [7, 11) is -4.81. The summed E-state index contributed by atoms with van der Waals surface area (Å²) in [5.74, 6) is -1.97. The summed E-state index contributed by atoms with van der Waals surface area (Å²) in [6, 6.07) is 1.63. The van der Waals surface area contributed by atoms with Crippen molar-refractivity contribution in [2.45, 2.75) is 37.0 Å². The average Bonchev–Trinajstić information content (AvgIpc) is 3.34. The van der Waals surface area contributed by atoms with Crippen LogP contribution in [0.3, 0.4) is 0 Å². The number of phosphoric ester groups is 1. The van der Waals surface area contributed by atoms with Crippen LogP contribution in [0.5, 0.6) is 0 Å². The van der Waals surface area contributed by atoms with Crippen molar-refractivity contribution in [3.8, 4) is 0 Å². The zero-order valence-electron chi connectivity index (χ0n) is 16.4. The molecule has 32 heavy (non-hydrogen) atoms. The van der Waals surface area contributed by atoms with Crippen molar-refractivity contribution in [1.29, 1.82) is 0 Å². The van der Waals surface area contributed by atoms with E-state index in [0.29, 0.717) is 5.69 Å². The van der Waals surface area contributed by atoms with E-state index in [0.717, 1.165) is 0 Å². The maximum atomic E-state index is 12.4. The molecule has 0 aliphatic carbocycles. The van der Waals surface area contributed by atoms with Gasteiger partial charge in [0.1, 0.15) is 23.8 Å². The molecule has 0 unspecified atom stereocenters. The molecule has 5 atom stereocenters. The number of aliphatic hydroxyl groups excluding tert-OH is 2. The average molecular weight is 473 g/mol. The van der Waals surface area contributed by atoms with E-state index in [1.807, 2.05) is 0 Å². The number of aromatic nitrogens is 3. The number of ether oxygens (including phenoxy) is 2. The summed E-state index contributed by atoms with van der Waals surface area (Å²) in [5, 5.41) is 20.3. The lowest BCUT2D eigenvalue weighted by Gasteiger charge is -2.13. The van der Waals surface area contributed by atoms with Gasteiger partial charge in [0.15, 0.2) is 18.5 Å². The highest BCUT2D eigenvalue weighted by Gasteiger charge is 2.49. The van der Waals surface area contributed by atoms with E-state index in [-0.39, 0.29) is 12.0 Å². The molecule has 0 saturated carbocycles. The number of hydrogen-bond donors (Lipinski definition) is 6. The highest BCUT2D eigenvalue weighted by Crippen LogP contribution is 2.37. The third-order valence-corrected chi connectivity index (χ3v) is 5.06. The number of esters is 2. The van der Waals surface area contributed by atoms with Crippen molar-refractivity contribution < 1.29 is 52.7 Å². The normalized spacial score (nSPS) is 24.3. The number of nitrogens with two attached hydrogens (primary N) is 1. The molecule has 2 aromatic heterocycles. The van der Waals surface area contributed by atoms with Crippen LogP contribution >= 0.6 is 7.82 Å². The van der Waals surface area contributed by atoms with Crippen LogP contribution < -0.4 is 10.3 Å². The molecule has 1 saturated heterocycles. The second kappa shape index (κ2) is 9.94. The summed E-state index contributed by atoms with van der Waals surface area (Å²) in [4.78, 5) is 48.7. The molecule has 1 aliphatic heterocycles. The van der Waals surface area contributed by atoms with Gasteiger partial charge in [-0.1, -0.05) is 0 Å². The molecule has 7 N–H and O–H groups in total. The van der Waals surface area contributed by atoms with Gasteiger partial charge in [-0.3, -0.25) is 4.52 Å². The first-order chi connectivity index (χ1) is 15.0. The molecule has 0 radical (unpaired) electrons. The standard InChI is InChI=1S/C17H21N4O10P/c18-11(4-10-5-19-8-20-10)17(25)31-16(24)9-2-1-3-21(6-9)15-14(23)13(22)12(30-15)7-29-32(26,27)28/h1-3,5-6,8,11-15,22-23H,4,7,18H2,(H2-,19,20,26,27,28)/p+1/t11-,12+,13+,14+,15+/m0/s1. The van der Waals surface area contributed by atoms with Crippen molar-refractivity contribution in [3.63, 3.8) is 0 Å². The Bertz CT molecular complexity index is 997. The Hall–Kier alpha value is -2.55. The first kappa shape index (κ1) is 24.1. The number of aliphatic hydroxyl groups is 2. The van der Waals surface area contributed by atoms with Crippen LogP contribution in [0.1, 0.15) is 22.3 Å². The monoisotopic (exact) mass is 473 g/mol. The summed E-state index contributed by atoms with van der Waals surface area (Å²) < 4.78 is 26.6. The van der Waals surface area contributed by atoms with E-state index in [2.05, 4.69) is 14.5 Å². The predicted molar refractivity (Wildman–Crippen MR) is 101 cm³/mol. The number of imidazole rings is 1. The zero-order chi connectivity index (χ0) is 23.5. The Morgan fingerprint density at radius 3 is 2.75 bits per heavy atom. The summed E-state index contributed by atoms with van der Waals surface area (Å²) in [5.41, 5.74) is 6.18. The summed E-state index contributed by atoms with van der Waals surface area (Å²) in [6.45, 7) is -0.677. The fourth-order valence-electron chi connectivity index (χ4n) is 2.99. The molecule has 0 spiro atoms. The van der Waals surface area contributed by atoms with Crippen molar-refractivity contribution in [1.82, 2.24) is 9.97 Å². The molecule has 3 heterocycles. The van der Waals surface area contributed by atoms with Crippen LogP contribution in [0.25, 0.3) is 0 Å². The smallest absolute Gasteiger partial charge is 0.388 e.